The van der Waals surface area contributed by atoms with Gasteiger partial charge in [-0.15, -0.1) is 0 Å². The normalized spacial score (nSPS) is 12.2. The second kappa shape index (κ2) is 7.18. The summed E-state index contributed by atoms with van der Waals surface area (Å²) < 4.78 is 13.8. The highest BCUT2D eigenvalue weighted by molar-refractivity contribution is 5.47. The van der Waals surface area contributed by atoms with Crippen LogP contribution in [0.25, 0.3) is 0 Å². The van der Waals surface area contributed by atoms with Crippen molar-refractivity contribution in [1.29, 1.82) is 0 Å². The minimum atomic E-state index is -0.188. The summed E-state index contributed by atoms with van der Waals surface area (Å²) >= 11 is 0. The maximum Gasteiger partial charge on any atom is 0.131 e. The van der Waals surface area contributed by atoms with Gasteiger partial charge in [0.2, 0.25) is 0 Å². The van der Waals surface area contributed by atoms with Crippen molar-refractivity contribution in [1.82, 2.24) is 4.98 Å². The highest BCUT2D eigenvalue weighted by atomic mass is 19.1. The van der Waals surface area contributed by atoms with E-state index in [1.54, 1.807) is 18.3 Å². The molecule has 1 aromatic heterocycles. The molecule has 0 aliphatic heterocycles. The van der Waals surface area contributed by atoms with Gasteiger partial charge < -0.3 is 10.6 Å². The van der Waals surface area contributed by atoms with Gasteiger partial charge in [0.15, 0.2) is 0 Å². The Labute approximate surface area is 125 Å². The Hall–Kier alpha value is -1.94. The molecular formula is C17H22FN3. The summed E-state index contributed by atoms with van der Waals surface area (Å²) in [5.74, 6) is 0.678. The van der Waals surface area contributed by atoms with E-state index in [-0.39, 0.29) is 11.9 Å². The number of hydrogen-bond donors (Lipinski definition) is 1. The standard InChI is InChI=1S/C17H22FN3/c1-3-15(19)11-13-8-6-10-20-17(13)21(2)12-14-7-4-5-9-16(14)18/h4-10,15H,3,11-12,19H2,1-2H3. The van der Waals surface area contributed by atoms with Gasteiger partial charge in [-0.25, -0.2) is 9.37 Å². The van der Waals surface area contributed by atoms with E-state index in [0.29, 0.717) is 12.1 Å². The Morgan fingerprint density at radius 2 is 1.90 bits per heavy atom. The molecule has 2 N–H and O–H groups in total. The second-order valence-corrected chi connectivity index (χ2v) is 5.31. The highest BCUT2D eigenvalue weighted by Gasteiger charge is 2.13. The minimum Gasteiger partial charge on any atom is -0.355 e. The number of rotatable bonds is 6. The summed E-state index contributed by atoms with van der Waals surface area (Å²) in [6.45, 7) is 2.56. The minimum absolute atomic E-state index is 0.120. The third-order valence-corrected chi connectivity index (χ3v) is 3.60. The van der Waals surface area contributed by atoms with Crippen molar-refractivity contribution >= 4 is 5.82 Å². The summed E-state index contributed by atoms with van der Waals surface area (Å²) in [6, 6.07) is 10.9. The predicted molar refractivity (Wildman–Crippen MR) is 84.7 cm³/mol. The number of hydrogen-bond acceptors (Lipinski definition) is 3. The fourth-order valence-electron chi connectivity index (χ4n) is 2.32. The largest absolute Gasteiger partial charge is 0.355 e. The number of halogens is 1. The summed E-state index contributed by atoms with van der Waals surface area (Å²) in [5, 5.41) is 0. The Morgan fingerprint density at radius 3 is 2.62 bits per heavy atom. The summed E-state index contributed by atoms with van der Waals surface area (Å²) in [4.78, 5) is 6.41. The first-order valence-corrected chi connectivity index (χ1v) is 7.25. The molecule has 1 unspecified atom stereocenters. The van der Waals surface area contributed by atoms with E-state index >= 15 is 0 Å². The molecule has 0 saturated heterocycles. The molecule has 112 valence electrons. The molecule has 0 spiro atoms. The molecular weight excluding hydrogens is 265 g/mol. The first kappa shape index (κ1) is 15.4. The molecule has 2 aromatic rings. The summed E-state index contributed by atoms with van der Waals surface area (Å²) in [5.41, 5.74) is 7.81. The molecule has 2 rings (SSSR count). The van der Waals surface area contributed by atoms with Crippen LogP contribution in [-0.2, 0) is 13.0 Å². The van der Waals surface area contributed by atoms with Gasteiger partial charge in [0.25, 0.3) is 0 Å². The lowest BCUT2D eigenvalue weighted by Crippen LogP contribution is -2.25. The van der Waals surface area contributed by atoms with Crippen LogP contribution in [0.5, 0.6) is 0 Å². The number of pyridine rings is 1. The van der Waals surface area contributed by atoms with E-state index in [1.165, 1.54) is 6.07 Å². The second-order valence-electron chi connectivity index (χ2n) is 5.31. The Balaban J connectivity index is 2.19. The number of benzene rings is 1. The quantitative estimate of drug-likeness (QED) is 0.887. The van der Waals surface area contributed by atoms with Gasteiger partial charge in [0, 0.05) is 31.4 Å². The highest BCUT2D eigenvalue weighted by Crippen LogP contribution is 2.20. The molecule has 0 bridgehead atoms. The average molecular weight is 287 g/mol. The van der Waals surface area contributed by atoms with Gasteiger partial charge >= 0.3 is 0 Å². The fraction of sp³-hybridized carbons (Fsp3) is 0.353. The van der Waals surface area contributed by atoms with Crippen LogP contribution in [0.3, 0.4) is 0 Å². The van der Waals surface area contributed by atoms with Crippen LogP contribution < -0.4 is 10.6 Å². The lowest BCUT2D eigenvalue weighted by Gasteiger charge is -2.22. The first-order valence-electron chi connectivity index (χ1n) is 7.25. The smallest absolute Gasteiger partial charge is 0.131 e. The van der Waals surface area contributed by atoms with E-state index < -0.39 is 0 Å². The van der Waals surface area contributed by atoms with Crippen molar-refractivity contribution in [3.05, 3.63) is 59.5 Å². The van der Waals surface area contributed by atoms with Crippen molar-refractivity contribution < 1.29 is 4.39 Å². The molecule has 0 aliphatic rings. The molecule has 1 aromatic carbocycles. The van der Waals surface area contributed by atoms with E-state index in [0.717, 1.165) is 24.2 Å². The third-order valence-electron chi connectivity index (χ3n) is 3.60. The molecule has 4 heteroatoms. The Bertz CT molecular complexity index is 586. The van der Waals surface area contributed by atoms with Gasteiger partial charge in [0.05, 0.1) is 0 Å². The van der Waals surface area contributed by atoms with E-state index in [9.17, 15) is 4.39 Å². The molecule has 21 heavy (non-hydrogen) atoms. The SMILES string of the molecule is CCC(N)Cc1cccnc1N(C)Cc1ccccc1F. The van der Waals surface area contributed by atoms with Crippen LogP contribution in [0.1, 0.15) is 24.5 Å². The zero-order valence-electron chi connectivity index (χ0n) is 12.6. The molecule has 3 nitrogen and oxygen atoms in total. The molecule has 0 aliphatic carbocycles. The predicted octanol–water partition coefficient (Wildman–Crippen LogP) is 3.14. The lowest BCUT2D eigenvalue weighted by molar-refractivity contribution is 0.606. The van der Waals surface area contributed by atoms with Crippen molar-refractivity contribution in [2.45, 2.75) is 32.4 Å². The molecule has 0 fully saturated rings. The van der Waals surface area contributed by atoms with Gasteiger partial charge in [-0.05, 0) is 30.5 Å². The number of nitrogens with two attached hydrogens (primary N) is 1. The molecule has 1 atom stereocenters. The monoisotopic (exact) mass is 287 g/mol. The van der Waals surface area contributed by atoms with Crippen molar-refractivity contribution in [2.75, 3.05) is 11.9 Å². The topological polar surface area (TPSA) is 42.1 Å². The van der Waals surface area contributed by atoms with E-state index in [2.05, 4.69) is 11.9 Å². The summed E-state index contributed by atoms with van der Waals surface area (Å²) in [7, 11) is 1.93. The van der Waals surface area contributed by atoms with Crippen LogP contribution in [0, 0.1) is 5.82 Å². The fourth-order valence-corrected chi connectivity index (χ4v) is 2.32. The van der Waals surface area contributed by atoms with Crippen molar-refractivity contribution in [3.8, 4) is 0 Å². The number of aromatic nitrogens is 1. The van der Waals surface area contributed by atoms with Crippen LogP contribution in [0.15, 0.2) is 42.6 Å². The molecule has 1 heterocycles. The Morgan fingerprint density at radius 1 is 1.19 bits per heavy atom. The van der Waals surface area contributed by atoms with Crippen LogP contribution in [0.4, 0.5) is 10.2 Å². The van der Waals surface area contributed by atoms with Gasteiger partial charge in [-0.1, -0.05) is 31.2 Å². The van der Waals surface area contributed by atoms with Crippen molar-refractivity contribution in [2.24, 2.45) is 5.73 Å². The molecule has 0 saturated carbocycles. The van der Waals surface area contributed by atoms with E-state index in [1.807, 2.05) is 30.1 Å². The summed E-state index contributed by atoms with van der Waals surface area (Å²) in [6.07, 6.45) is 3.46. The number of nitrogens with zero attached hydrogens (tertiary/aromatic N) is 2. The maximum atomic E-state index is 13.8. The van der Waals surface area contributed by atoms with Crippen LogP contribution in [-0.4, -0.2) is 18.1 Å². The zero-order valence-corrected chi connectivity index (χ0v) is 12.6. The van der Waals surface area contributed by atoms with Gasteiger partial charge in [0.1, 0.15) is 11.6 Å². The van der Waals surface area contributed by atoms with Crippen LogP contribution in [0.2, 0.25) is 0 Å². The third kappa shape index (κ3) is 4.02. The van der Waals surface area contributed by atoms with E-state index in [4.69, 9.17) is 5.73 Å². The van der Waals surface area contributed by atoms with Crippen molar-refractivity contribution in [3.63, 3.8) is 0 Å². The molecule has 0 radical (unpaired) electrons. The molecule has 0 amide bonds. The first-order chi connectivity index (χ1) is 10.1. The Kier molecular flexibility index (Phi) is 5.28. The zero-order chi connectivity index (χ0) is 15.2. The van der Waals surface area contributed by atoms with Crippen LogP contribution >= 0.6 is 0 Å². The lowest BCUT2D eigenvalue weighted by atomic mass is 10.0. The average Bonchev–Trinajstić information content (AvgIpc) is 2.50. The maximum absolute atomic E-state index is 13.8. The van der Waals surface area contributed by atoms with Gasteiger partial charge in [-0.2, -0.15) is 0 Å². The number of anilines is 1. The van der Waals surface area contributed by atoms with Gasteiger partial charge in [-0.3, -0.25) is 0 Å².